The lowest BCUT2D eigenvalue weighted by atomic mass is 9.84. The Kier molecular flexibility index (Phi) is 11.2. The van der Waals surface area contributed by atoms with Crippen LogP contribution in [0.15, 0.2) is 18.2 Å². The van der Waals surface area contributed by atoms with Crippen LogP contribution >= 0.6 is 0 Å². The van der Waals surface area contributed by atoms with Crippen LogP contribution in [0.25, 0.3) is 0 Å². The van der Waals surface area contributed by atoms with Gasteiger partial charge in [-0.15, -0.1) is 0 Å². The second-order valence-corrected chi connectivity index (χ2v) is 7.82. The van der Waals surface area contributed by atoms with Crippen LogP contribution in [0.2, 0.25) is 0 Å². The molecule has 178 valence electrons. The Bertz CT molecular complexity index is 791. The number of hydrogen-bond acceptors (Lipinski definition) is 5. The molecular formula is C24H36FN3O4. The van der Waals surface area contributed by atoms with E-state index < -0.39 is 23.5 Å². The van der Waals surface area contributed by atoms with Gasteiger partial charge >= 0.3 is 0 Å². The molecule has 1 aliphatic heterocycles. The Morgan fingerprint density at radius 2 is 1.88 bits per heavy atom. The third kappa shape index (κ3) is 6.95. The zero-order valence-corrected chi connectivity index (χ0v) is 19.8. The van der Waals surface area contributed by atoms with E-state index in [0.717, 1.165) is 11.4 Å². The summed E-state index contributed by atoms with van der Waals surface area (Å²) in [5.41, 5.74) is 0.0695. The lowest BCUT2D eigenvalue weighted by molar-refractivity contribution is -0.126. The summed E-state index contributed by atoms with van der Waals surface area (Å²) in [4.78, 5) is 49.4. The molecule has 1 aliphatic rings. The molecule has 1 saturated heterocycles. The minimum atomic E-state index is -1.42. The number of hydrogen-bond donors (Lipinski definition) is 1. The fraction of sp³-hybridized carbons (Fsp3) is 0.583. The number of halogens is 1. The summed E-state index contributed by atoms with van der Waals surface area (Å²) in [6.45, 7) is 11.7. The zero-order valence-electron chi connectivity index (χ0n) is 19.8. The van der Waals surface area contributed by atoms with E-state index >= 15 is 4.39 Å². The molecule has 1 unspecified atom stereocenters. The van der Waals surface area contributed by atoms with Crippen molar-refractivity contribution in [3.05, 3.63) is 34.9 Å². The molecular weight excluding hydrogens is 413 g/mol. The Morgan fingerprint density at radius 3 is 2.38 bits per heavy atom. The molecule has 2 rings (SSSR count). The number of likely N-dealkylation sites (tertiary alicyclic amines) is 1. The zero-order chi connectivity index (χ0) is 24.3. The van der Waals surface area contributed by atoms with E-state index in [0.29, 0.717) is 55.4 Å². The number of aryl methyl sites for hydroxylation is 1. The van der Waals surface area contributed by atoms with E-state index in [1.807, 2.05) is 19.2 Å². The van der Waals surface area contributed by atoms with E-state index in [9.17, 15) is 19.2 Å². The topological polar surface area (TPSA) is 86.8 Å². The number of benzene rings is 1. The number of alkyl halides is 1. The van der Waals surface area contributed by atoms with Crippen LogP contribution in [0.1, 0.15) is 74.9 Å². The van der Waals surface area contributed by atoms with E-state index in [-0.39, 0.29) is 12.8 Å². The lowest BCUT2D eigenvalue weighted by Gasteiger charge is -2.36. The van der Waals surface area contributed by atoms with Gasteiger partial charge in [0, 0.05) is 31.1 Å². The van der Waals surface area contributed by atoms with Crippen molar-refractivity contribution < 1.29 is 23.6 Å². The fourth-order valence-corrected chi connectivity index (χ4v) is 3.80. The van der Waals surface area contributed by atoms with Gasteiger partial charge in [-0.1, -0.05) is 32.9 Å². The number of piperidine rings is 1. The molecule has 1 fully saturated rings. The van der Waals surface area contributed by atoms with Crippen molar-refractivity contribution in [2.24, 2.45) is 0 Å². The van der Waals surface area contributed by atoms with Crippen LogP contribution in [-0.2, 0) is 20.1 Å². The maximum atomic E-state index is 15.5. The fourth-order valence-electron chi connectivity index (χ4n) is 3.80. The number of carbonyl (C=O) groups excluding carboxylic acids is 4. The molecule has 32 heavy (non-hydrogen) atoms. The largest absolute Gasteiger partial charge is 0.303 e. The summed E-state index contributed by atoms with van der Waals surface area (Å²) >= 11 is 0. The Morgan fingerprint density at radius 1 is 1.25 bits per heavy atom. The van der Waals surface area contributed by atoms with Crippen molar-refractivity contribution in [2.75, 3.05) is 19.6 Å². The van der Waals surface area contributed by atoms with Gasteiger partial charge in [-0.25, -0.2) is 4.39 Å². The van der Waals surface area contributed by atoms with Crippen LogP contribution in [-0.4, -0.2) is 60.1 Å². The van der Waals surface area contributed by atoms with Gasteiger partial charge in [0.05, 0.1) is 0 Å². The molecule has 1 N–H and O–H groups in total. The lowest BCUT2D eigenvalue weighted by Crippen LogP contribution is -2.40. The third-order valence-electron chi connectivity index (χ3n) is 5.90. The van der Waals surface area contributed by atoms with E-state index in [1.165, 1.54) is 0 Å². The van der Waals surface area contributed by atoms with Gasteiger partial charge in [0.1, 0.15) is 5.67 Å². The van der Waals surface area contributed by atoms with Crippen LogP contribution in [0.5, 0.6) is 0 Å². The molecule has 7 nitrogen and oxygen atoms in total. The predicted octanol–water partition coefficient (Wildman–Crippen LogP) is 3.34. The first-order chi connectivity index (χ1) is 15.3. The molecule has 0 spiro atoms. The highest BCUT2D eigenvalue weighted by Crippen LogP contribution is 2.37. The Balaban J connectivity index is 0.00000249. The first-order valence-electron chi connectivity index (χ1n) is 11.3. The summed E-state index contributed by atoms with van der Waals surface area (Å²) in [6, 6.07) is 4.37. The highest BCUT2D eigenvalue weighted by atomic mass is 19.1. The molecule has 8 heteroatoms. The summed E-state index contributed by atoms with van der Waals surface area (Å²) in [7, 11) is 0. The molecule has 1 aromatic carbocycles. The molecule has 0 radical (unpaired) electrons. The van der Waals surface area contributed by atoms with Gasteiger partial charge in [-0.05, 0) is 56.8 Å². The first kappa shape index (κ1) is 27.4. The summed E-state index contributed by atoms with van der Waals surface area (Å²) < 4.78 is 15.5. The average Bonchev–Trinajstić information content (AvgIpc) is 2.80. The van der Waals surface area contributed by atoms with Crippen molar-refractivity contribution in [1.29, 1.82) is 0 Å². The van der Waals surface area contributed by atoms with Crippen molar-refractivity contribution in [3.63, 3.8) is 0 Å². The normalized spacial score (nSPS) is 16.2. The standard InChI is InChI=1S/C22H30FN3O4.C2H6/c1-4-25-11-9-22(23,10-12-25)18-6-7-19(16(2)13-18)21(30)26(15-28)17(3)5-8-20(29)24-14-27;1-2/h6-7,13-15,17H,4-5,8-12H2,1-3H3,(H,24,27,29);1-2H3. The minimum absolute atomic E-state index is 0.00853. The van der Waals surface area contributed by atoms with Gasteiger partial charge in [0.15, 0.2) is 0 Å². The predicted molar refractivity (Wildman–Crippen MR) is 122 cm³/mol. The SMILES string of the molecule is CC.CCN1CCC(F)(c2ccc(C(=O)N(C=O)C(C)CCC(=O)NC=O)c(C)c2)CC1. The summed E-state index contributed by atoms with van der Waals surface area (Å²) in [6.07, 6.45) is 1.79. The van der Waals surface area contributed by atoms with Crippen LogP contribution in [0, 0.1) is 6.92 Å². The molecule has 0 aromatic heterocycles. The Labute approximate surface area is 190 Å². The average molecular weight is 450 g/mol. The maximum absolute atomic E-state index is 15.5. The highest BCUT2D eigenvalue weighted by Gasteiger charge is 2.36. The van der Waals surface area contributed by atoms with Crippen molar-refractivity contribution in [3.8, 4) is 0 Å². The number of rotatable bonds is 9. The van der Waals surface area contributed by atoms with Gasteiger partial charge in [-0.3, -0.25) is 29.4 Å². The second kappa shape index (κ2) is 13.1. The third-order valence-corrected chi connectivity index (χ3v) is 5.90. The van der Waals surface area contributed by atoms with Gasteiger partial charge in [0.2, 0.25) is 18.7 Å². The molecule has 1 heterocycles. The maximum Gasteiger partial charge on any atom is 0.260 e. The quantitative estimate of drug-likeness (QED) is 0.585. The van der Waals surface area contributed by atoms with Crippen LogP contribution in [0.4, 0.5) is 4.39 Å². The van der Waals surface area contributed by atoms with Gasteiger partial charge < -0.3 is 4.90 Å². The van der Waals surface area contributed by atoms with E-state index in [2.05, 4.69) is 11.8 Å². The monoisotopic (exact) mass is 449 g/mol. The number of nitrogens with one attached hydrogen (secondary N) is 1. The highest BCUT2D eigenvalue weighted by molar-refractivity contribution is 6.01. The number of nitrogens with zero attached hydrogens (tertiary/aromatic N) is 2. The van der Waals surface area contributed by atoms with Crippen molar-refractivity contribution >= 4 is 24.6 Å². The first-order valence-corrected chi connectivity index (χ1v) is 11.3. The summed E-state index contributed by atoms with van der Waals surface area (Å²) in [5, 5.41) is 2.03. The van der Waals surface area contributed by atoms with E-state index in [4.69, 9.17) is 0 Å². The molecule has 1 aromatic rings. The molecule has 0 aliphatic carbocycles. The van der Waals surface area contributed by atoms with Crippen LogP contribution < -0.4 is 5.32 Å². The molecule has 0 bridgehead atoms. The second-order valence-electron chi connectivity index (χ2n) is 7.82. The molecule has 1 atom stereocenters. The molecule has 4 amide bonds. The van der Waals surface area contributed by atoms with Crippen molar-refractivity contribution in [1.82, 2.24) is 15.1 Å². The Hall–Kier alpha value is -2.61. The van der Waals surface area contributed by atoms with Crippen molar-refractivity contribution in [2.45, 2.75) is 72.0 Å². The smallest absolute Gasteiger partial charge is 0.260 e. The number of imide groups is 2. The van der Waals surface area contributed by atoms with Gasteiger partial charge in [0.25, 0.3) is 5.91 Å². The van der Waals surface area contributed by atoms with Crippen LogP contribution in [0.3, 0.4) is 0 Å². The number of carbonyl (C=O) groups is 4. The summed E-state index contributed by atoms with van der Waals surface area (Å²) in [5.74, 6) is -0.968. The number of amides is 4. The van der Waals surface area contributed by atoms with E-state index in [1.54, 1.807) is 32.0 Å². The van der Waals surface area contributed by atoms with Gasteiger partial charge in [-0.2, -0.15) is 0 Å². The molecule has 0 saturated carbocycles. The minimum Gasteiger partial charge on any atom is -0.303 e.